The van der Waals surface area contributed by atoms with Crippen LogP contribution in [0.4, 0.5) is 0 Å². The van der Waals surface area contributed by atoms with Crippen LogP contribution < -0.4 is 4.74 Å². The third-order valence-corrected chi connectivity index (χ3v) is 3.73. The first-order chi connectivity index (χ1) is 9.22. The van der Waals surface area contributed by atoms with Gasteiger partial charge in [-0.05, 0) is 49.5 Å². The van der Waals surface area contributed by atoms with Crippen molar-refractivity contribution in [2.75, 3.05) is 33.9 Å². The summed E-state index contributed by atoms with van der Waals surface area (Å²) in [7, 11) is 3.13. The Morgan fingerprint density at radius 3 is 2.68 bits per heavy atom. The summed E-state index contributed by atoms with van der Waals surface area (Å²) in [5, 5.41) is 0. The fraction of sp³-hybridized carbons (Fsp3) is 0.533. The zero-order valence-electron chi connectivity index (χ0n) is 11.6. The molecule has 0 unspecified atom stereocenters. The zero-order chi connectivity index (χ0) is 13.7. The highest BCUT2D eigenvalue weighted by Crippen LogP contribution is 2.29. The van der Waals surface area contributed by atoms with E-state index in [1.54, 1.807) is 7.11 Å². The SMILES string of the molecule is COC(=O)CN1CCC(c2cccc(OC)c2)CC1. The Bertz CT molecular complexity index is 425. The van der Waals surface area contributed by atoms with Crippen LogP contribution in [-0.2, 0) is 9.53 Å². The van der Waals surface area contributed by atoms with E-state index in [9.17, 15) is 4.79 Å². The number of rotatable bonds is 4. The van der Waals surface area contributed by atoms with Crippen molar-refractivity contribution >= 4 is 5.97 Å². The number of benzene rings is 1. The van der Waals surface area contributed by atoms with Crippen LogP contribution in [0.15, 0.2) is 24.3 Å². The average Bonchev–Trinajstić information content (AvgIpc) is 2.48. The summed E-state index contributed by atoms with van der Waals surface area (Å²) in [5.74, 6) is 1.32. The van der Waals surface area contributed by atoms with E-state index in [1.807, 2.05) is 12.1 Å². The normalized spacial score (nSPS) is 17.2. The molecule has 0 radical (unpaired) electrons. The fourth-order valence-corrected chi connectivity index (χ4v) is 2.57. The number of esters is 1. The lowest BCUT2D eigenvalue weighted by molar-refractivity contribution is -0.142. The highest BCUT2D eigenvalue weighted by molar-refractivity contribution is 5.71. The Kier molecular flexibility index (Phi) is 4.80. The lowest BCUT2D eigenvalue weighted by Crippen LogP contribution is -2.37. The molecule has 0 N–H and O–H groups in total. The first-order valence-electron chi connectivity index (χ1n) is 6.66. The minimum Gasteiger partial charge on any atom is -0.497 e. The number of carbonyl (C=O) groups is 1. The molecule has 4 heteroatoms. The predicted molar refractivity (Wildman–Crippen MR) is 73.4 cm³/mol. The maximum Gasteiger partial charge on any atom is 0.319 e. The van der Waals surface area contributed by atoms with Crippen LogP contribution in [0.2, 0.25) is 0 Å². The highest BCUT2D eigenvalue weighted by atomic mass is 16.5. The Morgan fingerprint density at radius 2 is 2.05 bits per heavy atom. The summed E-state index contributed by atoms with van der Waals surface area (Å²) in [4.78, 5) is 13.4. The monoisotopic (exact) mass is 263 g/mol. The van der Waals surface area contributed by atoms with Gasteiger partial charge in [0.25, 0.3) is 0 Å². The molecule has 1 aliphatic heterocycles. The molecule has 0 aromatic heterocycles. The van der Waals surface area contributed by atoms with E-state index in [0.29, 0.717) is 12.5 Å². The van der Waals surface area contributed by atoms with Gasteiger partial charge in [-0.3, -0.25) is 9.69 Å². The van der Waals surface area contributed by atoms with E-state index in [4.69, 9.17) is 9.47 Å². The summed E-state index contributed by atoms with van der Waals surface area (Å²) in [6, 6.07) is 8.27. The van der Waals surface area contributed by atoms with Gasteiger partial charge in [-0.1, -0.05) is 12.1 Å². The van der Waals surface area contributed by atoms with Gasteiger partial charge in [0.1, 0.15) is 5.75 Å². The van der Waals surface area contributed by atoms with Gasteiger partial charge in [-0.25, -0.2) is 0 Å². The summed E-state index contributed by atoms with van der Waals surface area (Å²) in [6.45, 7) is 2.29. The molecule has 0 bridgehead atoms. The molecule has 104 valence electrons. The minimum absolute atomic E-state index is 0.153. The largest absolute Gasteiger partial charge is 0.497 e. The number of ether oxygens (including phenoxy) is 2. The third-order valence-electron chi connectivity index (χ3n) is 3.73. The smallest absolute Gasteiger partial charge is 0.319 e. The number of likely N-dealkylation sites (tertiary alicyclic amines) is 1. The maximum absolute atomic E-state index is 11.2. The van der Waals surface area contributed by atoms with Gasteiger partial charge in [0, 0.05) is 0 Å². The van der Waals surface area contributed by atoms with E-state index in [0.717, 1.165) is 31.7 Å². The van der Waals surface area contributed by atoms with Crippen LogP contribution in [0, 0.1) is 0 Å². The number of piperidine rings is 1. The molecular formula is C15H21NO3. The Labute approximate surface area is 114 Å². The molecule has 1 aromatic rings. The molecule has 0 saturated carbocycles. The van der Waals surface area contributed by atoms with Crippen LogP contribution >= 0.6 is 0 Å². The van der Waals surface area contributed by atoms with Gasteiger partial charge in [0.05, 0.1) is 20.8 Å². The van der Waals surface area contributed by atoms with E-state index in [2.05, 4.69) is 17.0 Å². The van der Waals surface area contributed by atoms with Crippen LogP contribution in [0.5, 0.6) is 5.75 Å². The summed E-state index contributed by atoms with van der Waals surface area (Å²) < 4.78 is 9.96. The molecule has 4 nitrogen and oxygen atoms in total. The van der Waals surface area contributed by atoms with Crippen molar-refractivity contribution < 1.29 is 14.3 Å². The number of nitrogens with zero attached hydrogens (tertiary/aromatic N) is 1. The average molecular weight is 263 g/mol. The van der Waals surface area contributed by atoms with Gasteiger partial charge in [0.15, 0.2) is 0 Å². The van der Waals surface area contributed by atoms with Gasteiger partial charge in [0.2, 0.25) is 0 Å². The van der Waals surface area contributed by atoms with Gasteiger partial charge < -0.3 is 9.47 Å². The quantitative estimate of drug-likeness (QED) is 0.779. The molecule has 1 aromatic carbocycles. The zero-order valence-corrected chi connectivity index (χ0v) is 11.6. The second-order valence-electron chi connectivity index (χ2n) is 4.90. The van der Waals surface area contributed by atoms with Gasteiger partial charge in [-0.15, -0.1) is 0 Å². The van der Waals surface area contributed by atoms with Crippen molar-refractivity contribution in [2.24, 2.45) is 0 Å². The van der Waals surface area contributed by atoms with Crippen molar-refractivity contribution in [1.82, 2.24) is 4.90 Å². The van der Waals surface area contributed by atoms with Crippen LogP contribution in [0.25, 0.3) is 0 Å². The van der Waals surface area contributed by atoms with Crippen molar-refractivity contribution in [3.05, 3.63) is 29.8 Å². The van der Waals surface area contributed by atoms with Crippen molar-refractivity contribution in [3.63, 3.8) is 0 Å². The number of methoxy groups -OCH3 is 2. The van der Waals surface area contributed by atoms with Crippen LogP contribution in [0.1, 0.15) is 24.3 Å². The summed E-state index contributed by atoms with van der Waals surface area (Å²) in [5.41, 5.74) is 1.33. The second-order valence-corrected chi connectivity index (χ2v) is 4.90. The molecule has 0 amide bonds. The highest BCUT2D eigenvalue weighted by Gasteiger charge is 2.22. The van der Waals surface area contributed by atoms with Gasteiger partial charge >= 0.3 is 5.97 Å². The number of hydrogen-bond acceptors (Lipinski definition) is 4. The molecule has 1 fully saturated rings. The molecule has 0 atom stereocenters. The molecular weight excluding hydrogens is 242 g/mol. The number of hydrogen-bond donors (Lipinski definition) is 0. The Hall–Kier alpha value is -1.55. The van der Waals surface area contributed by atoms with E-state index in [-0.39, 0.29) is 5.97 Å². The predicted octanol–water partition coefficient (Wildman–Crippen LogP) is 2.05. The summed E-state index contributed by atoms with van der Waals surface area (Å²) >= 11 is 0. The maximum atomic E-state index is 11.2. The minimum atomic E-state index is -0.153. The van der Waals surface area contributed by atoms with E-state index < -0.39 is 0 Å². The number of carbonyl (C=O) groups excluding carboxylic acids is 1. The van der Waals surface area contributed by atoms with Gasteiger partial charge in [-0.2, -0.15) is 0 Å². The Morgan fingerprint density at radius 1 is 1.32 bits per heavy atom. The molecule has 19 heavy (non-hydrogen) atoms. The van der Waals surface area contributed by atoms with E-state index >= 15 is 0 Å². The van der Waals surface area contributed by atoms with Crippen molar-refractivity contribution in [3.8, 4) is 5.75 Å². The van der Waals surface area contributed by atoms with Crippen molar-refractivity contribution in [2.45, 2.75) is 18.8 Å². The van der Waals surface area contributed by atoms with Crippen LogP contribution in [-0.4, -0.2) is 44.7 Å². The first-order valence-corrected chi connectivity index (χ1v) is 6.66. The fourth-order valence-electron chi connectivity index (χ4n) is 2.57. The topological polar surface area (TPSA) is 38.8 Å². The second kappa shape index (κ2) is 6.57. The Balaban J connectivity index is 1.90. The summed E-state index contributed by atoms with van der Waals surface area (Å²) in [6.07, 6.45) is 2.15. The third kappa shape index (κ3) is 3.70. The lowest BCUT2D eigenvalue weighted by atomic mass is 9.89. The van der Waals surface area contributed by atoms with Crippen LogP contribution in [0.3, 0.4) is 0 Å². The molecule has 1 aliphatic rings. The first kappa shape index (κ1) is 13.9. The lowest BCUT2D eigenvalue weighted by Gasteiger charge is -2.31. The molecule has 0 spiro atoms. The van der Waals surface area contributed by atoms with E-state index in [1.165, 1.54) is 12.7 Å². The molecule has 0 aliphatic carbocycles. The molecule has 1 heterocycles. The van der Waals surface area contributed by atoms with Crippen molar-refractivity contribution in [1.29, 1.82) is 0 Å². The standard InChI is InChI=1S/C15H21NO3/c1-18-14-5-3-4-13(10-14)12-6-8-16(9-7-12)11-15(17)19-2/h3-5,10,12H,6-9,11H2,1-2H3. The molecule has 1 saturated heterocycles. The molecule has 2 rings (SSSR count).